The Labute approximate surface area is 151 Å². The van der Waals surface area contributed by atoms with E-state index in [1.807, 2.05) is 0 Å². The molecule has 1 aliphatic carbocycles. The first-order valence-corrected chi connectivity index (χ1v) is 8.33. The van der Waals surface area contributed by atoms with Crippen molar-refractivity contribution in [1.29, 1.82) is 0 Å². The lowest BCUT2D eigenvalue weighted by Gasteiger charge is -2.15. The number of aliphatic hydroxyl groups is 1. The third-order valence-electron chi connectivity index (χ3n) is 4.33. The number of rotatable bonds is 5. The number of nitrogens with zero attached hydrogens (tertiary/aromatic N) is 2. The average Bonchev–Trinajstić information content (AvgIpc) is 3.46. The predicted molar refractivity (Wildman–Crippen MR) is 97.3 cm³/mol. The number of carbonyl (C=O) groups excluding carboxylic acids is 1. The van der Waals surface area contributed by atoms with E-state index >= 15 is 0 Å². The van der Waals surface area contributed by atoms with Crippen LogP contribution >= 0.6 is 0 Å². The second-order valence-corrected chi connectivity index (χ2v) is 6.44. The van der Waals surface area contributed by atoms with Crippen molar-refractivity contribution < 1.29 is 15.0 Å². The summed E-state index contributed by atoms with van der Waals surface area (Å²) in [6, 6.07) is 5.63. The lowest BCUT2D eigenvalue weighted by Crippen LogP contribution is -2.43. The number of anilines is 1. The van der Waals surface area contributed by atoms with Gasteiger partial charge in [-0.2, -0.15) is 0 Å². The van der Waals surface area contributed by atoms with Crippen molar-refractivity contribution in [3.8, 4) is 29.4 Å². The van der Waals surface area contributed by atoms with Crippen LogP contribution in [0.2, 0.25) is 0 Å². The summed E-state index contributed by atoms with van der Waals surface area (Å²) < 4.78 is 0. The molecule has 1 fully saturated rings. The molecule has 1 saturated carbocycles. The number of carbonyl (C=O) groups is 1. The first-order valence-electron chi connectivity index (χ1n) is 8.33. The standard InChI is InChI=1S/C19H20N4O3/c1-3-11-4-7-13(15(25)8-11)18-14(12-5-6-12)9-16(22-23-18)21-19(26)17(20)10(2)24/h1,4,7-10,12,17,24-25H,5-6,20H2,2H3,(H,21,22,26)/t10-,17-/m1/s1. The van der Waals surface area contributed by atoms with E-state index in [0.717, 1.165) is 18.4 Å². The van der Waals surface area contributed by atoms with Gasteiger partial charge in [-0.3, -0.25) is 4.79 Å². The molecule has 1 aromatic heterocycles. The molecule has 0 unspecified atom stereocenters. The molecule has 2 atom stereocenters. The molecule has 0 spiro atoms. The summed E-state index contributed by atoms with van der Waals surface area (Å²) in [5.41, 5.74) is 8.19. The van der Waals surface area contributed by atoms with Gasteiger partial charge >= 0.3 is 0 Å². The van der Waals surface area contributed by atoms with Gasteiger partial charge in [0.1, 0.15) is 17.5 Å². The number of aromatic hydroxyl groups is 1. The van der Waals surface area contributed by atoms with E-state index in [-0.39, 0.29) is 11.6 Å². The third kappa shape index (κ3) is 3.67. The number of terminal acetylenes is 1. The fraction of sp³-hybridized carbons (Fsp3) is 0.316. The van der Waals surface area contributed by atoms with Crippen molar-refractivity contribution in [2.45, 2.75) is 37.8 Å². The molecule has 1 heterocycles. The molecule has 1 aliphatic rings. The number of benzene rings is 1. The van der Waals surface area contributed by atoms with Crippen molar-refractivity contribution in [3.63, 3.8) is 0 Å². The monoisotopic (exact) mass is 352 g/mol. The maximum atomic E-state index is 12.0. The van der Waals surface area contributed by atoms with E-state index in [4.69, 9.17) is 12.2 Å². The Hall–Kier alpha value is -2.95. The van der Waals surface area contributed by atoms with Crippen LogP contribution in [0.1, 0.15) is 36.8 Å². The number of hydrogen-bond donors (Lipinski definition) is 4. The molecule has 26 heavy (non-hydrogen) atoms. The molecular weight excluding hydrogens is 332 g/mol. The summed E-state index contributed by atoms with van der Waals surface area (Å²) >= 11 is 0. The van der Waals surface area contributed by atoms with Gasteiger partial charge < -0.3 is 21.3 Å². The van der Waals surface area contributed by atoms with Crippen LogP contribution < -0.4 is 11.1 Å². The highest BCUT2D eigenvalue weighted by atomic mass is 16.3. The van der Waals surface area contributed by atoms with Crippen molar-refractivity contribution in [1.82, 2.24) is 10.2 Å². The van der Waals surface area contributed by atoms with Crippen molar-refractivity contribution in [2.75, 3.05) is 5.32 Å². The van der Waals surface area contributed by atoms with Gasteiger partial charge in [0, 0.05) is 11.1 Å². The molecule has 0 saturated heterocycles. The number of phenolic OH excluding ortho intramolecular Hbond substituents is 1. The number of nitrogens with one attached hydrogen (secondary N) is 1. The predicted octanol–water partition coefficient (Wildman–Crippen LogP) is 1.35. The molecule has 7 heteroatoms. The Balaban J connectivity index is 1.94. The number of hydrogen-bond acceptors (Lipinski definition) is 6. The Morgan fingerprint density at radius 3 is 2.69 bits per heavy atom. The van der Waals surface area contributed by atoms with Gasteiger partial charge in [-0.25, -0.2) is 0 Å². The molecule has 134 valence electrons. The minimum absolute atomic E-state index is 0.0320. The maximum absolute atomic E-state index is 12.0. The van der Waals surface area contributed by atoms with E-state index in [2.05, 4.69) is 21.4 Å². The van der Waals surface area contributed by atoms with Crippen molar-refractivity contribution in [2.24, 2.45) is 5.73 Å². The number of aliphatic hydroxyl groups excluding tert-OH is 1. The quantitative estimate of drug-likeness (QED) is 0.603. The summed E-state index contributed by atoms with van der Waals surface area (Å²) in [5, 5.41) is 30.5. The molecule has 0 radical (unpaired) electrons. The maximum Gasteiger partial charge on any atom is 0.245 e. The number of nitrogens with two attached hydrogens (primary N) is 1. The first-order chi connectivity index (χ1) is 12.4. The van der Waals surface area contributed by atoms with Crippen LogP contribution in [-0.4, -0.2) is 38.5 Å². The molecular formula is C19H20N4O3. The SMILES string of the molecule is C#Cc1ccc(-c2nnc(NC(=O)[C@H](N)[C@@H](C)O)cc2C2CC2)c(O)c1. The number of aromatic nitrogens is 2. The van der Waals surface area contributed by atoms with Crippen LogP contribution in [0.5, 0.6) is 5.75 Å². The van der Waals surface area contributed by atoms with Gasteiger partial charge in [0.15, 0.2) is 5.82 Å². The molecule has 2 aromatic rings. The normalized spacial score (nSPS) is 15.8. The fourth-order valence-electron chi connectivity index (χ4n) is 2.63. The van der Waals surface area contributed by atoms with E-state index in [0.29, 0.717) is 22.7 Å². The van der Waals surface area contributed by atoms with Gasteiger partial charge in [-0.05, 0) is 55.5 Å². The van der Waals surface area contributed by atoms with Crippen molar-refractivity contribution in [3.05, 3.63) is 35.4 Å². The largest absolute Gasteiger partial charge is 0.507 e. The molecule has 1 amide bonds. The number of phenols is 1. The van der Waals surface area contributed by atoms with Gasteiger partial charge in [0.05, 0.1) is 6.10 Å². The van der Waals surface area contributed by atoms with Crippen molar-refractivity contribution >= 4 is 11.7 Å². The van der Waals surface area contributed by atoms with Gasteiger partial charge in [0.2, 0.25) is 5.91 Å². The van der Waals surface area contributed by atoms with E-state index in [1.54, 1.807) is 18.2 Å². The Morgan fingerprint density at radius 2 is 2.12 bits per heavy atom. The number of amides is 1. The van der Waals surface area contributed by atoms with Crippen LogP contribution in [-0.2, 0) is 4.79 Å². The van der Waals surface area contributed by atoms with Crippen LogP contribution in [0.25, 0.3) is 11.3 Å². The van der Waals surface area contributed by atoms with Gasteiger partial charge in [-0.1, -0.05) is 5.92 Å². The molecule has 7 nitrogen and oxygen atoms in total. The molecule has 1 aromatic carbocycles. The fourth-order valence-corrected chi connectivity index (χ4v) is 2.63. The summed E-state index contributed by atoms with van der Waals surface area (Å²) in [6.07, 6.45) is 6.38. The Morgan fingerprint density at radius 1 is 1.38 bits per heavy atom. The second-order valence-electron chi connectivity index (χ2n) is 6.44. The topological polar surface area (TPSA) is 121 Å². The first kappa shape index (κ1) is 17.9. The van der Waals surface area contributed by atoms with Gasteiger partial charge in [0.25, 0.3) is 0 Å². The van der Waals surface area contributed by atoms with Crippen LogP contribution in [0.4, 0.5) is 5.82 Å². The molecule has 0 aliphatic heterocycles. The average molecular weight is 352 g/mol. The highest BCUT2D eigenvalue weighted by molar-refractivity contribution is 5.94. The molecule has 0 bridgehead atoms. The summed E-state index contributed by atoms with van der Waals surface area (Å²) in [6.45, 7) is 1.44. The lowest BCUT2D eigenvalue weighted by atomic mass is 10.0. The minimum Gasteiger partial charge on any atom is -0.507 e. The molecule has 5 N–H and O–H groups in total. The zero-order valence-corrected chi connectivity index (χ0v) is 14.3. The van der Waals surface area contributed by atoms with E-state index in [9.17, 15) is 15.0 Å². The van der Waals surface area contributed by atoms with Crippen LogP contribution in [0.15, 0.2) is 24.3 Å². The van der Waals surface area contributed by atoms with Crippen LogP contribution in [0, 0.1) is 12.3 Å². The minimum atomic E-state index is -1.05. The Kier molecular flexibility index (Phi) is 4.89. The lowest BCUT2D eigenvalue weighted by molar-refractivity contribution is -0.119. The third-order valence-corrected chi connectivity index (χ3v) is 4.33. The van der Waals surface area contributed by atoms with E-state index < -0.39 is 18.1 Å². The highest BCUT2D eigenvalue weighted by Gasteiger charge is 2.29. The van der Waals surface area contributed by atoms with Gasteiger partial charge in [-0.15, -0.1) is 16.6 Å². The van der Waals surface area contributed by atoms with Crippen LogP contribution in [0.3, 0.4) is 0 Å². The summed E-state index contributed by atoms with van der Waals surface area (Å²) in [7, 11) is 0. The summed E-state index contributed by atoms with van der Waals surface area (Å²) in [5.74, 6) is 2.53. The second kappa shape index (κ2) is 7.12. The molecule has 3 rings (SSSR count). The smallest absolute Gasteiger partial charge is 0.245 e. The zero-order valence-electron chi connectivity index (χ0n) is 14.3. The van der Waals surface area contributed by atoms with E-state index in [1.165, 1.54) is 13.0 Å². The Bertz CT molecular complexity index is 885. The highest BCUT2D eigenvalue weighted by Crippen LogP contribution is 2.45. The summed E-state index contributed by atoms with van der Waals surface area (Å²) in [4.78, 5) is 12.0. The zero-order chi connectivity index (χ0) is 18.8.